The second-order valence-corrected chi connectivity index (χ2v) is 39.3. The predicted octanol–water partition coefficient (Wildman–Crippen LogP) is 10.4. The summed E-state index contributed by atoms with van der Waals surface area (Å²) < 4.78 is 36.0. The summed E-state index contributed by atoms with van der Waals surface area (Å²) in [5.41, 5.74) is 2.83. The van der Waals surface area contributed by atoms with Crippen molar-refractivity contribution < 1.29 is 32.7 Å². The van der Waals surface area contributed by atoms with Gasteiger partial charge in [-0.1, -0.05) is 112 Å². The van der Waals surface area contributed by atoms with Crippen LogP contribution in [0, 0.1) is 0 Å². The van der Waals surface area contributed by atoms with E-state index < -0.39 is 75.6 Å². The Balaban J connectivity index is 2.98. The molecule has 1 heterocycles. The smallest absolute Gasteiger partial charge is 0.338 e. The van der Waals surface area contributed by atoms with Crippen LogP contribution in [0.5, 0.6) is 0 Å². The summed E-state index contributed by atoms with van der Waals surface area (Å²) in [7, 11) is -8.92. The first-order valence-electron chi connectivity index (χ1n) is 18.7. The Morgan fingerprint density at radius 2 is 1.24 bits per heavy atom. The van der Waals surface area contributed by atoms with E-state index in [0.717, 1.165) is 0 Å². The van der Waals surface area contributed by atoms with Crippen LogP contribution < -0.4 is 0 Å². The molecule has 0 radical (unpaired) electrons. The minimum atomic E-state index is -2.48. The van der Waals surface area contributed by atoms with Crippen LogP contribution in [-0.4, -0.2) is 87.3 Å². The Kier molecular flexibility index (Phi) is 15.1. The number of hydrogen-bond donors (Lipinski definition) is 1. The van der Waals surface area contributed by atoms with E-state index in [1.807, 2.05) is 18.2 Å². The highest BCUT2D eigenvalue weighted by Gasteiger charge is 2.57. The third-order valence-electron chi connectivity index (χ3n) is 11.4. The molecule has 6 atom stereocenters. The molecule has 288 valence electrons. The monoisotopic (exact) mass is 766 g/mol. The van der Waals surface area contributed by atoms with Gasteiger partial charge in [0.15, 0.2) is 31.1 Å². The molecule has 1 aliphatic rings. The highest BCUT2D eigenvalue weighted by atomic mass is 28.4. The van der Waals surface area contributed by atoms with Crippen molar-refractivity contribution in [3.8, 4) is 0 Å². The van der Waals surface area contributed by atoms with E-state index in [1.54, 1.807) is 12.1 Å². The molecule has 0 aliphatic carbocycles. The molecule has 0 spiro atoms. The normalized spacial score (nSPS) is 24.0. The summed E-state index contributed by atoms with van der Waals surface area (Å²) >= 11 is 0. The maximum absolute atomic E-state index is 13.9. The summed E-state index contributed by atoms with van der Waals surface area (Å²) in [6.07, 6.45) is -0.215. The first-order chi connectivity index (χ1) is 22.4. The minimum absolute atomic E-state index is 0.000950. The number of benzene rings is 1. The summed E-state index contributed by atoms with van der Waals surface area (Å²) in [5, 5.41) is 9.79. The van der Waals surface area contributed by atoms with E-state index in [2.05, 4.69) is 133 Å². The van der Waals surface area contributed by atoms with Crippen LogP contribution in [0.1, 0.15) is 85.5 Å². The second-order valence-electron chi connectivity index (χ2n) is 20.0. The first-order valence-corrected chi connectivity index (χ1v) is 31.0. The van der Waals surface area contributed by atoms with Crippen molar-refractivity contribution >= 4 is 39.0 Å². The molecule has 0 saturated carbocycles. The number of carbonyl (C=O) groups excluding carboxylic acids is 1. The largest absolute Gasteiger partial charge is 0.453 e. The van der Waals surface area contributed by atoms with Gasteiger partial charge in [-0.25, -0.2) is 4.79 Å². The van der Waals surface area contributed by atoms with Gasteiger partial charge in [-0.15, -0.1) is 0 Å². The second kappa shape index (κ2) is 16.6. The lowest BCUT2D eigenvalue weighted by atomic mass is 9.90. The lowest BCUT2D eigenvalue weighted by Gasteiger charge is -2.54. The van der Waals surface area contributed by atoms with Gasteiger partial charge in [-0.3, -0.25) is 0 Å². The Morgan fingerprint density at radius 3 is 1.68 bits per heavy atom. The van der Waals surface area contributed by atoms with E-state index >= 15 is 0 Å². The maximum Gasteiger partial charge on any atom is 0.338 e. The lowest BCUT2D eigenvalue weighted by Crippen LogP contribution is -2.68. The van der Waals surface area contributed by atoms with Gasteiger partial charge in [0, 0.05) is 6.61 Å². The SMILES string of the molecule is CC(C)(C)[Si](C)(C)OC(/C=C/[Si](C)(C)C)[C@@H]1O[C@@H](CCCO)[C@H](OC(=O)c2ccccc2)C(O[Si](C)(C)C(C)(C)C)C1O[Si](C)(C)C(C)(C)C. The van der Waals surface area contributed by atoms with E-state index in [4.69, 9.17) is 22.8 Å². The van der Waals surface area contributed by atoms with E-state index in [9.17, 15) is 9.90 Å². The molecular weight excluding hydrogens is 693 g/mol. The van der Waals surface area contributed by atoms with Gasteiger partial charge in [-0.2, -0.15) is 0 Å². The van der Waals surface area contributed by atoms with E-state index in [0.29, 0.717) is 18.4 Å². The number of esters is 1. The standard InChI is InChI=1S/C39H74O7Si4/c1-37(2,3)48(13,14)44-31(26-28-47(10,11)12)33-35(46-50(17,18)39(7,8)9)34(45-49(15,16)38(4,5)6)32(30(42-33)25-22-27-40)43-36(41)29-23-20-19-21-24-29/h19-21,23-24,26,28,30-35,40H,22,25,27H2,1-18H3/b28-26+/t30-,31?,32-,33-,34?,35?/m0/s1. The van der Waals surface area contributed by atoms with Gasteiger partial charge in [0.05, 0.1) is 25.8 Å². The van der Waals surface area contributed by atoms with Crippen molar-refractivity contribution in [3.05, 3.63) is 47.7 Å². The van der Waals surface area contributed by atoms with Crippen LogP contribution in [-0.2, 0) is 22.8 Å². The molecule has 0 bridgehead atoms. The Labute approximate surface area is 310 Å². The predicted molar refractivity (Wildman–Crippen MR) is 219 cm³/mol. The molecule has 1 N–H and O–H groups in total. The zero-order valence-corrected chi connectivity index (χ0v) is 39.0. The summed E-state index contributed by atoms with van der Waals surface area (Å²) in [6.45, 7) is 40.8. The third-order valence-corrected chi connectivity index (χ3v) is 26.0. The van der Waals surface area contributed by atoms with Gasteiger partial charge in [0.25, 0.3) is 0 Å². The van der Waals surface area contributed by atoms with Crippen LogP contribution in [0.4, 0.5) is 0 Å². The fourth-order valence-electron chi connectivity index (χ4n) is 5.06. The molecule has 11 heteroatoms. The van der Waals surface area contributed by atoms with Crippen LogP contribution in [0.2, 0.25) is 74.0 Å². The zero-order chi connectivity index (χ0) is 38.7. The van der Waals surface area contributed by atoms with E-state index in [1.165, 1.54) is 0 Å². The van der Waals surface area contributed by atoms with Crippen LogP contribution in [0.15, 0.2) is 42.1 Å². The fourth-order valence-corrected chi connectivity index (χ4v) is 9.68. The molecule has 1 aromatic carbocycles. The van der Waals surface area contributed by atoms with Crippen molar-refractivity contribution in [1.82, 2.24) is 0 Å². The Morgan fingerprint density at radius 1 is 0.760 bits per heavy atom. The molecular formula is C39H74O7Si4. The van der Waals surface area contributed by atoms with Crippen molar-refractivity contribution in [2.75, 3.05) is 6.61 Å². The fraction of sp³-hybridized carbons (Fsp3) is 0.769. The highest BCUT2D eigenvalue weighted by molar-refractivity contribution is 6.81. The first kappa shape index (κ1) is 45.3. The number of hydrogen-bond acceptors (Lipinski definition) is 7. The van der Waals surface area contributed by atoms with Crippen molar-refractivity contribution in [2.24, 2.45) is 0 Å². The minimum Gasteiger partial charge on any atom is -0.453 e. The molecule has 2 rings (SSSR count). The maximum atomic E-state index is 13.9. The van der Waals surface area contributed by atoms with Gasteiger partial charge in [-0.05, 0) is 79.4 Å². The Bertz CT molecular complexity index is 1250. The zero-order valence-electron chi connectivity index (χ0n) is 35.0. The average Bonchev–Trinajstić information content (AvgIpc) is 2.94. The van der Waals surface area contributed by atoms with E-state index in [-0.39, 0.29) is 21.7 Å². The molecule has 3 unspecified atom stereocenters. The average molecular weight is 767 g/mol. The highest BCUT2D eigenvalue weighted by Crippen LogP contribution is 2.46. The number of rotatable bonds is 14. The van der Waals surface area contributed by atoms with Crippen LogP contribution in [0.25, 0.3) is 0 Å². The quantitative estimate of drug-likeness (QED) is 0.149. The number of aliphatic hydroxyl groups is 1. The van der Waals surface area contributed by atoms with Crippen molar-refractivity contribution in [2.45, 2.75) is 186 Å². The third kappa shape index (κ3) is 12.1. The molecule has 50 heavy (non-hydrogen) atoms. The summed E-state index contributed by atoms with van der Waals surface area (Å²) in [4.78, 5) is 13.9. The van der Waals surface area contributed by atoms with Crippen LogP contribution in [0.3, 0.4) is 0 Å². The van der Waals surface area contributed by atoms with Gasteiger partial charge >= 0.3 is 5.97 Å². The molecule has 0 aromatic heterocycles. The van der Waals surface area contributed by atoms with Crippen molar-refractivity contribution in [3.63, 3.8) is 0 Å². The molecule has 0 amide bonds. The molecule has 1 saturated heterocycles. The molecule has 1 aromatic rings. The number of ether oxygens (including phenoxy) is 2. The van der Waals surface area contributed by atoms with Crippen LogP contribution >= 0.6 is 0 Å². The molecule has 7 nitrogen and oxygen atoms in total. The summed E-state index contributed by atoms with van der Waals surface area (Å²) in [6, 6.07) is 9.12. The van der Waals surface area contributed by atoms with Gasteiger partial charge in [0.2, 0.25) is 0 Å². The van der Waals surface area contributed by atoms with Crippen molar-refractivity contribution in [1.29, 1.82) is 0 Å². The van der Waals surface area contributed by atoms with Gasteiger partial charge < -0.3 is 27.9 Å². The molecule has 1 fully saturated rings. The number of aliphatic hydroxyl groups excluding tert-OH is 1. The lowest BCUT2D eigenvalue weighted by molar-refractivity contribution is -0.230. The topological polar surface area (TPSA) is 83.5 Å². The van der Waals surface area contributed by atoms with Gasteiger partial charge in [0.1, 0.15) is 18.3 Å². The summed E-state index contributed by atoms with van der Waals surface area (Å²) in [5.74, 6) is -0.422. The number of carbonyl (C=O) groups is 1. The molecule has 1 aliphatic heterocycles. The Hall–Kier alpha value is -0.902.